The van der Waals surface area contributed by atoms with Crippen LogP contribution >= 0.6 is 0 Å². The number of methoxy groups -OCH3 is 1. The number of benzene rings is 2. The van der Waals surface area contributed by atoms with Crippen LogP contribution in [-0.4, -0.2) is 39.2 Å². The topological polar surface area (TPSA) is 84.0 Å². The van der Waals surface area contributed by atoms with E-state index in [2.05, 4.69) is 33.1 Å². The molecular formula is C24H34N4O3. The first kappa shape index (κ1) is 24.2. The molecule has 0 heterocycles. The van der Waals surface area contributed by atoms with Crippen molar-refractivity contribution < 1.29 is 14.3 Å². The van der Waals surface area contributed by atoms with Gasteiger partial charge in [-0.1, -0.05) is 38.1 Å². The minimum absolute atomic E-state index is 0.0113. The molecule has 0 atom stereocenters. The van der Waals surface area contributed by atoms with Crippen LogP contribution in [-0.2, 0) is 22.6 Å². The van der Waals surface area contributed by atoms with Crippen LogP contribution in [0.4, 0.5) is 5.69 Å². The Kier molecular flexibility index (Phi) is 9.84. The third-order valence-corrected chi connectivity index (χ3v) is 4.64. The van der Waals surface area contributed by atoms with Crippen molar-refractivity contribution in [1.29, 1.82) is 0 Å². The molecule has 2 aromatic carbocycles. The van der Waals surface area contributed by atoms with E-state index in [1.807, 2.05) is 51.1 Å². The third-order valence-electron chi connectivity index (χ3n) is 4.64. The van der Waals surface area contributed by atoms with E-state index in [1.165, 1.54) is 0 Å². The lowest BCUT2D eigenvalue weighted by Gasteiger charge is -2.15. The molecule has 31 heavy (non-hydrogen) atoms. The first-order chi connectivity index (χ1) is 14.9. The lowest BCUT2D eigenvalue weighted by atomic mass is 10.1. The number of aryl methyl sites for hydroxylation is 1. The summed E-state index contributed by atoms with van der Waals surface area (Å²) in [6.07, 6.45) is 0. The average molecular weight is 427 g/mol. The smallest absolute Gasteiger partial charge is 0.226 e. The maximum Gasteiger partial charge on any atom is 0.226 e. The summed E-state index contributed by atoms with van der Waals surface area (Å²) in [4.78, 5) is 16.1. The molecule has 0 aliphatic heterocycles. The molecule has 3 N–H and O–H groups in total. The zero-order chi connectivity index (χ0) is 22.6. The molecule has 0 bridgehead atoms. The minimum atomic E-state index is -0.0461. The summed E-state index contributed by atoms with van der Waals surface area (Å²) in [6, 6.07) is 13.9. The maximum absolute atomic E-state index is 11.8. The highest BCUT2D eigenvalue weighted by Gasteiger charge is 2.08. The first-order valence-electron chi connectivity index (χ1n) is 10.5. The van der Waals surface area contributed by atoms with E-state index in [0.29, 0.717) is 32.3 Å². The number of hydrogen-bond donors (Lipinski definition) is 3. The molecule has 7 nitrogen and oxygen atoms in total. The summed E-state index contributed by atoms with van der Waals surface area (Å²) in [7, 11) is 3.40. The van der Waals surface area contributed by atoms with Gasteiger partial charge in [-0.2, -0.15) is 0 Å². The fraction of sp³-hybridized carbons (Fsp3) is 0.417. The van der Waals surface area contributed by atoms with Gasteiger partial charge in [0.05, 0.1) is 6.61 Å². The molecule has 1 amide bonds. The molecule has 0 aliphatic carbocycles. The zero-order valence-electron chi connectivity index (χ0n) is 19.1. The Balaban J connectivity index is 1.88. The lowest BCUT2D eigenvalue weighted by molar-refractivity contribution is -0.118. The van der Waals surface area contributed by atoms with Crippen LogP contribution in [0.25, 0.3) is 0 Å². The van der Waals surface area contributed by atoms with Crippen molar-refractivity contribution >= 4 is 17.6 Å². The number of hydrogen-bond acceptors (Lipinski definition) is 4. The number of carbonyl (C=O) groups excluding carboxylic acids is 1. The highest BCUT2D eigenvalue weighted by Crippen LogP contribution is 2.20. The van der Waals surface area contributed by atoms with Gasteiger partial charge in [-0.15, -0.1) is 0 Å². The summed E-state index contributed by atoms with van der Waals surface area (Å²) in [5.74, 6) is 1.51. The third kappa shape index (κ3) is 8.30. The molecule has 0 fully saturated rings. The van der Waals surface area contributed by atoms with E-state index in [0.717, 1.165) is 28.1 Å². The van der Waals surface area contributed by atoms with Crippen LogP contribution in [0.15, 0.2) is 47.5 Å². The molecule has 0 spiro atoms. The van der Waals surface area contributed by atoms with Gasteiger partial charge < -0.3 is 25.4 Å². The highest BCUT2D eigenvalue weighted by atomic mass is 16.5. The number of anilines is 1. The summed E-state index contributed by atoms with van der Waals surface area (Å²) < 4.78 is 10.9. The summed E-state index contributed by atoms with van der Waals surface area (Å²) in [5, 5.41) is 9.53. The maximum atomic E-state index is 11.8. The largest absolute Gasteiger partial charge is 0.491 e. The monoisotopic (exact) mass is 426 g/mol. The van der Waals surface area contributed by atoms with Gasteiger partial charge in [0.15, 0.2) is 5.96 Å². The van der Waals surface area contributed by atoms with E-state index < -0.39 is 0 Å². The van der Waals surface area contributed by atoms with Crippen molar-refractivity contribution in [3.8, 4) is 5.75 Å². The first-order valence-corrected chi connectivity index (χ1v) is 10.5. The Morgan fingerprint density at radius 3 is 2.39 bits per heavy atom. The van der Waals surface area contributed by atoms with E-state index in [9.17, 15) is 4.79 Å². The number of rotatable bonds is 10. The van der Waals surface area contributed by atoms with E-state index in [-0.39, 0.29) is 11.8 Å². The average Bonchev–Trinajstić information content (AvgIpc) is 2.76. The van der Waals surface area contributed by atoms with Crippen molar-refractivity contribution in [1.82, 2.24) is 10.6 Å². The number of carbonyl (C=O) groups is 1. The van der Waals surface area contributed by atoms with Gasteiger partial charge >= 0.3 is 0 Å². The Morgan fingerprint density at radius 1 is 1.03 bits per heavy atom. The molecule has 2 aromatic rings. The van der Waals surface area contributed by atoms with Crippen molar-refractivity contribution in [2.24, 2.45) is 10.9 Å². The van der Waals surface area contributed by atoms with Crippen LogP contribution in [0.3, 0.4) is 0 Å². The van der Waals surface area contributed by atoms with Gasteiger partial charge in [0, 0.05) is 44.4 Å². The Bertz CT molecular complexity index is 864. The number of aliphatic imine (C=N–C) groups is 1. The number of nitrogens with zero attached hydrogens (tertiary/aromatic N) is 1. The van der Waals surface area contributed by atoms with Crippen molar-refractivity contribution in [3.05, 3.63) is 59.2 Å². The van der Waals surface area contributed by atoms with Gasteiger partial charge in [-0.3, -0.25) is 9.79 Å². The predicted octanol–water partition coefficient (Wildman–Crippen LogP) is 3.48. The van der Waals surface area contributed by atoms with Gasteiger partial charge in [0.2, 0.25) is 5.91 Å². The Morgan fingerprint density at radius 2 is 1.74 bits per heavy atom. The van der Waals surface area contributed by atoms with Crippen molar-refractivity contribution in [3.63, 3.8) is 0 Å². The highest BCUT2D eigenvalue weighted by molar-refractivity contribution is 5.92. The van der Waals surface area contributed by atoms with Gasteiger partial charge in [0.25, 0.3) is 0 Å². The molecule has 0 radical (unpaired) electrons. The number of ether oxygens (including phenoxy) is 2. The second kappa shape index (κ2) is 12.6. The van der Waals surface area contributed by atoms with Crippen LogP contribution in [0.5, 0.6) is 5.75 Å². The standard InChI is InChI=1S/C24H34N4O3/c1-17(2)23(29)28-21-10-7-19(8-11-21)15-26-24(25-4)27-16-20-9-6-18(3)14-22(20)31-13-12-30-5/h6-11,14,17H,12-13,15-16H2,1-5H3,(H,28,29)(H2,25,26,27). The second-order valence-electron chi connectivity index (χ2n) is 7.57. The summed E-state index contributed by atoms with van der Waals surface area (Å²) >= 11 is 0. The predicted molar refractivity (Wildman–Crippen MR) is 125 cm³/mol. The molecule has 0 unspecified atom stereocenters. The Hall–Kier alpha value is -3.06. The molecule has 0 saturated carbocycles. The van der Waals surface area contributed by atoms with Gasteiger partial charge in [0.1, 0.15) is 12.4 Å². The van der Waals surface area contributed by atoms with Crippen molar-refractivity contribution in [2.45, 2.75) is 33.9 Å². The van der Waals surface area contributed by atoms with Crippen molar-refractivity contribution in [2.75, 3.05) is 32.7 Å². The molecule has 2 rings (SSSR count). The molecule has 0 aliphatic rings. The normalized spacial score (nSPS) is 11.4. The minimum Gasteiger partial charge on any atom is -0.491 e. The molecule has 0 aromatic heterocycles. The van der Waals surface area contributed by atoms with E-state index >= 15 is 0 Å². The van der Waals surface area contributed by atoms with Crippen LogP contribution in [0.2, 0.25) is 0 Å². The molecule has 168 valence electrons. The van der Waals surface area contributed by atoms with Gasteiger partial charge in [-0.05, 0) is 36.2 Å². The fourth-order valence-corrected chi connectivity index (χ4v) is 2.75. The van der Waals surface area contributed by atoms with Crippen LogP contribution in [0, 0.1) is 12.8 Å². The SMILES string of the molecule is CN=C(NCc1ccc(NC(=O)C(C)C)cc1)NCc1ccc(C)cc1OCCOC. The lowest BCUT2D eigenvalue weighted by Crippen LogP contribution is -2.36. The quantitative estimate of drug-likeness (QED) is 0.308. The van der Waals surface area contributed by atoms with E-state index in [1.54, 1.807) is 14.2 Å². The van der Waals surface area contributed by atoms with Gasteiger partial charge in [-0.25, -0.2) is 0 Å². The zero-order valence-corrected chi connectivity index (χ0v) is 19.1. The number of guanidine groups is 1. The van der Waals surface area contributed by atoms with E-state index in [4.69, 9.17) is 9.47 Å². The summed E-state index contributed by atoms with van der Waals surface area (Å²) in [5.41, 5.74) is 4.08. The second-order valence-corrected chi connectivity index (χ2v) is 7.57. The Labute approximate surface area is 185 Å². The fourth-order valence-electron chi connectivity index (χ4n) is 2.75. The molecular weight excluding hydrogens is 392 g/mol. The van der Waals surface area contributed by atoms with Crippen LogP contribution in [0.1, 0.15) is 30.5 Å². The number of nitrogens with one attached hydrogen (secondary N) is 3. The summed E-state index contributed by atoms with van der Waals surface area (Å²) in [6.45, 7) is 8.04. The molecule has 0 saturated heterocycles. The molecule has 7 heteroatoms. The number of amides is 1. The van der Waals surface area contributed by atoms with Crippen LogP contribution < -0.4 is 20.7 Å².